The number of hydrogen-bond donors (Lipinski definition) is 3. The van der Waals surface area contributed by atoms with Crippen molar-refractivity contribution in [1.29, 1.82) is 0 Å². The Morgan fingerprint density at radius 2 is 1.73 bits per heavy atom. The van der Waals surface area contributed by atoms with Crippen LogP contribution in [0.5, 0.6) is 0 Å². The fourth-order valence-corrected chi connectivity index (χ4v) is 6.26. The Morgan fingerprint density at radius 3 is 2.36 bits per heavy atom. The first-order chi connectivity index (χ1) is 21.1. The smallest absolute Gasteiger partial charge is 0.318 e. The molecule has 0 radical (unpaired) electrons. The first kappa shape index (κ1) is 31.0. The van der Waals surface area contributed by atoms with Crippen molar-refractivity contribution in [2.75, 3.05) is 57.0 Å². The highest BCUT2D eigenvalue weighted by atomic mass is 16.2. The molecule has 10 nitrogen and oxygen atoms in total. The monoisotopic (exact) mass is 597 g/mol. The number of carbonyl (C=O) groups excluding carboxylic acids is 3. The van der Waals surface area contributed by atoms with Crippen molar-refractivity contribution in [3.05, 3.63) is 84.0 Å². The van der Waals surface area contributed by atoms with Crippen LogP contribution >= 0.6 is 0 Å². The molecular weight excluding hydrogens is 554 g/mol. The largest absolute Gasteiger partial charge is 0.371 e. The third-order valence-electron chi connectivity index (χ3n) is 8.86. The minimum absolute atomic E-state index is 0.0181. The van der Waals surface area contributed by atoms with E-state index in [2.05, 4.69) is 37.3 Å². The van der Waals surface area contributed by atoms with Gasteiger partial charge in [0.15, 0.2) is 0 Å². The lowest BCUT2D eigenvalue weighted by Crippen LogP contribution is -2.52. The Kier molecular flexibility index (Phi) is 9.20. The van der Waals surface area contributed by atoms with E-state index in [1.165, 1.54) is 6.08 Å². The average Bonchev–Trinajstić information content (AvgIpc) is 3.54. The van der Waals surface area contributed by atoms with Crippen LogP contribution in [0.15, 0.2) is 83.4 Å². The number of piperidine rings is 1. The highest BCUT2D eigenvalue weighted by Gasteiger charge is 2.46. The van der Waals surface area contributed by atoms with E-state index >= 15 is 0 Å². The molecular formula is C34H43N7O3. The fraction of sp³-hybridized carbons (Fsp3) is 0.412. The van der Waals surface area contributed by atoms with Gasteiger partial charge in [-0.05, 0) is 82.3 Å². The van der Waals surface area contributed by atoms with Crippen LogP contribution in [0.1, 0.15) is 38.3 Å². The molecule has 3 heterocycles. The van der Waals surface area contributed by atoms with E-state index in [-0.39, 0.29) is 29.8 Å². The molecule has 3 N–H and O–H groups in total. The minimum Gasteiger partial charge on any atom is -0.371 e. The molecule has 10 heteroatoms. The van der Waals surface area contributed by atoms with Crippen LogP contribution < -0.4 is 20.9 Å². The second-order valence-corrected chi connectivity index (χ2v) is 12.4. The van der Waals surface area contributed by atoms with Crippen LogP contribution in [-0.2, 0) is 9.59 Å². The summed E-state index contributed by atoms with van der Waals surface area (Å²) in [5, 5.41) is 9.13. The number of hydrogen-bond acceptors (Lipinski definition) is 6. The van der Waals surface area contributed by atoms with Gasteiger partial charge >= 0.3 is 6.03 Å². The summed E-state index contributed by atoms with van der Waals surface area (Å²) in [4.78, 5) is 49.4. The minimum atomic E-state index is -0.524. The van der Waals surface area contributed by atoms with Crippen molar-refractivity contribution >= 4 is 35.1 Å². The third-order valence-corrected chi connectivity index (χ3v) is 8.86. The van der Waals surface area contributed by atoms with E-state index in [4.69, 9.17) is 0 Å². The van der Waals surface area contributed by atoms with Crippen molar-refractivity contribution in [3.8, 4) is 0 Å². The second-order valence-electron chi connectivity index (χ2n) is 12.4. The normalized spacial score (nSPS) is 18.5. The zero-order valence-electron chi connectivity index (χ0n) is 26.1. The van der Waals surface area contributed by atoms with Gasteiger partial charge in [-0.15, -0.1) is 0 Å². The topological polar surface area (TPSA) is 109 Å². The maximum Gasteiger partial charge on any atom is 0.318 e. The van der Waals surface area contributed by atoms with Crippen LogP contribution in [0.2, 0.25) is 0 Å². The summed E-state index contributed by atoms with van der Waals surface area (Å²) in [5.74, 6) is 0.223. The Labute approximate surface area is 259 Å². The molecule has 0 spiro atoms. The molecule has 1 saturated heterocycles. The van der Waals surface area contributed by atoms with Gasteiger partial charge in [0.05, 0.1) is 24.7 Å². The SMILES string of the molecule is C=CC(=O)Nc1ccc(N2CCC(C(=O)NC3=NCC4=C3CN(C(=O)N[C@H](CN(C)C)c3ccccc3)C4(C)C)CC2)cc1. The molecule has 0 bridgehead atoms. The molecule has 0 unspecified atom stereocenters. The first-order valence-corrected chi connectivity index (χ1v) is 15.2. The number of urea groups is 1. The third kappa shape index (κ3) is 6.70. The molecule has 1 atom stereocenters. The van der Waals surface area contributed by atoms with E-state index < -0.39 is 5.54 Å². The van der Waals surface area contributed by atoms with Gasteiger partial charge in [-0.25, -0.2) is 4.79 Å². The van der Waals surface area contributed by atoms with Crippen molar-refractivity contribution in [3.63, 3.8) is 0 Å². The number of amides is 4. The zero-order chi connectivity index (χ0) is 31.4. The van der Waals surface area contributed by atoms with Crippen LogP contribution in [0.3, 0.4) is 0 Å². The summed E-state index contributed by atoms with van der Waals surface area (Å²) in [6, 6.07) is 17.4. The van der Waals surface area contributed by atoms with Crippen LogP contribution in [0.25, 0.3) is 0 Å². The van der Waals surface area contributed by atoms with Gasteiger partial charge in [0.2, 0.25) is 11.8 Å². The maximum absolute atomic E-state index is 13.7. The summed E-state index contributed by atoms with van der Waals surface area (Å²) >= 11 is 0. The van der Waals surface area contributed by atoms with Crippen molar-refractivity contribution < 1.29 is 14.4 Å². The first-order valence-electron chi connectivity index (χ1n) is 15.2. The lowest BCUT2D eigenvalue weighted by atomic mass is 9.93. The predicted octanol–water partition coefficient (Wildman–Crippen LogP) is 3.96. The average molecular weight is 598 g/mol. The highest BCUT2D eigenvalue weighted by Crippen LogP contribution is 2.38. The number of nitrogens with one attached hydrogen (secondary N) is 3. The van der Waals surface area contributed by atoms with Gasteiger partial charge in [0.1, 0.15) is 5.84 Å². The van der Waals surface area contributed by atoms with E-state index in [0.29, 0.717) is 25.5 Å². The quantitative estimate of drug-likeness (QED) is 0.399. The molecule has 232 valence electrons. The van der Waals surface area contributed by atoms with Crippen LogP contribution in [0.4, 0.5) is 16.2 Å². The fourth-order valence-electron chi connectivity index (χ4n) is 6.26. The summed E-state index contributed by atoms with van der Waals surface area (Å²) < 4.78 is 0. The van der Waals surface area contributed by atoms with E-state index in [9.17, 15) is 14.4 Å². The zero-order valence-corrected chi connectivity index (χ0v) is 26.1. The van der Waals surface area contributed by atoms with Gasteiger partial charge in [-0.2, -0.15) is 0 Å². The summed E-state index contributed by atoms with van der Waals surface area (Å²) in [5.41, 5.74) is 4.33. The molecule has 5 rings (SSSR count). The van der Waals surface area contributed by atoms with E-state index in [1.807, 2.05) is 87.4 Å². The van der Waals surface area contributed by atoms with Crippen LogP contribution in [-0.4, -0.2) is 85.8 Å². The van der Waals surface area contributed by atoms with Crippen LogP contribution in [0, 0.1) is 5.92 Å². The number of nitrogens with zero attached hydrogens (tertiary/aromatic N) is 4. The molecule has 44 heavy (non-hydrogen) atoms. The van der Waals surface area contributed by atoms with Gasteiger partial charge < -0.3 is 30.7 Å². The number of amidine groups is 1. The van der Waals surface area contributed by atoms with Crippen molar-refractivity contribution in [1.82, 2.24) is 20.4 Å². The standard InChI is InChI=1S/C34H43N7O3/c1-6-30(42)36-25-12-14-26(15-13-25)40-18-16-24(17-19-40)32(43)38-31-27-21-41(34(2,3)28(27)20-35-31)33(44)37-29(22-39(4)5)23-10-8-7-9-11-23/h6-15,24,29H,1,16-22H2,2-5H3,(H,36,42)(H,37,44)(H,35,38,43)/t29-/m1/s1. The molecule has 1 fully saturated rings. The maximum atomic E-state index is 13.7. The molecule has 0 saturated carbocycles. The Balaban J connectivity index is 1.17. The summed E-state index contributed by atoms with van der Waals surface area (Å²) in [6.07, 6.45) is 2.70. The number of anilines is 2. The number of likely N-dealkylation sites (N-methyl/N-ethyl adjacent to an activating group) is 1. The molecule has 2 aromatic rings. The Hall–Kier alpha value is -4.44. The second kappa shape index (κ2) is 13.1. The van der Waals surface area contributed by atoms with Crippen molar-refractivity contribution in [2.45, 2.75) is 38.3 Å². The number of benzene rings is 2. The van der Waals surface area contributed by atoms with Gasteiger partial charge in [-0.1, -0.05) is 36.9 Å². The summed E-state index contributed by atoms with van der Waals surface area (Å²) in [6.45, 7) is 10.6. The molecule has 0 aliphatic carbocycles. The summed E-state index contributed by atoms with van der Waals surface area (Å²) in [7, 11) is 4.00. The van der Waals surface area contributed by atoms with Crippen molar-refractivity contribution in [2.24, 2.45) is 10.9 Å². The number of aliphatic imine (C=N–C) groups is 1. The molecule has 2 aromatic carbocycles. The molecule has 3 aliphatic rings. The molecule has 4 amide bonds. The van der Waals surface area contributed by atoms with E-state index in [0.717, 1.165) is 54.0 Å². The lowest BCUT2D eigenvalue weighted by Gasteiger charge is -2.36. The Morgan fingerprint density at radius 1 is 1.05 bits per heavy atom. The lowest BCUT2D eigenvalue weighted by molar-refractivity contribution is -0.124. The predicted molar refractivity (Wildman–Crippen MR) is 175 cm³/mol. The Bertz CT molecular complexity index is 1460. The van der Waals surface area contributed by atoms with Gasteiger partial charge in [-0.3, -0.25) is 14.6 Å². The highest BCUT2D eigenvalue weighted by molar-refractivity contribution is 6.11. The van der Waals surface area contributed by atoms with Gasteiger partial charge in [0.25, 0.3) is 0 Å². The molecule has 3 aliphatic heterocycles. The number of carbonyl (C=O) groups is 3. The van der Waals surface area contributed by atoms with Gasteiger partial charge in [0, 0.05) is 42.5 Å². The van der Waals surface area contributed by atoms with E-state index in [1.54, 1.807) is 0 Å². The molecule has 0 aromatic heterocycles. The number of rotatable bonds is 8.